The summed E-state index contributed by atoms with van der Waals surface area (Å²) in [6.45, 7) is 2.31. The van der Waals surface area contributed by atoms with E-state index in [4.69, 9.17) is 12.2 Å². The zero-order valence-corrected chi connectivity index (χ0v) is 12.7. The average Bonchev–Trinajstić information content (AvgIpc) is 2.95. The molecular weight excluding hydrogens is 282 g/mol. The van der Waals surface area contributed by atoms with Crippen molar-refractivity contribution >= 4 is 23.1 Å². The first-order valence-electron chi connectivity index (χ1n) is 7.71. The molecule has 1 aromatic carbocycles. The maximum atomic E-state index is 12.8. The molecule has 2 unspecified atom stereocenters. The highest BCUT2D eigenvalue weighted by Crippen LogP contribution is 2.32. The number of piperidine rings is 1. The molecule has 3 heterocycles. The van der Waals surface area contributed by atoms with Gasteiger partial charge in [0.25, 0.3) is 5.56 Å². The van der Waals surface area contributed by atoms with Gasteiger partial charge in [0.1, 0.15) is 0 Å². The van der Waals surface area contributed by atoms with Crippen LogP contribution in [-0.4, -0.2) is 33.6 Å². The van der Waals surface area contributed by atoms with Crippen LogP contribution in [0.5, 0.6) is 0 Å². The van der Waals surface area contributed by atoms with Crippen molar-refractivity contribution in [3.05, 3.63) is 39.4 Å². The zero-order chi connectivity index (χ0) is 14.4. The predicted molar refractivity (Wildman–Crippen MR) is 86.3 cm³/mol. The van der Waals surface area contributed by atoms with Gasteiger partial charge in [0, 0.05) is 18.6 Å². The molecule has 2 aromatic rings. The molecule has 0 bridgehead atoms. The second-order valence-electron chi connectivity index (χ2n) is 6.16. The summed E-state index contributed by atoms with van der Waals surface area (Å²) < 4.78 is 2.39. The Labute approximate surface area is 128 Å². The van der Waals surface area contributed by atoms with Crippen molar-refractivity contribution in [1.29, 1.82) is 0 Å². The minimum absolute atomic E-state index is 0.0609. The summed E-state index contributed by atoms with van der Waals surface area (Å²) in [6.07, 6.45) is 4.62. The van der Waals surface area contributed by atoms with Crippen LogP contribution < -0.4 is 5.56 Å². The molecule has 4 nitrogen and oxygen atoms in total. The zero-order valence-electron chi connectivity index (χ0n) is 11.9. The second kappa shape index (κ2) is 5.07. The van der Waals surface area contributed by atoms with E-state index in [-0.39, 0.29) is 11.6 Å². The lowest BCUT2D eigenvalue weighted by atomic mass is 9.97. The summed E-state index contributed by atoms with van der Waals surface area (Å²) in [5.74, 6) is 0. The third kappa shape index (κ3) is 2.15. The molecule has 2 atom stereocenters. The molecule has 0 radical (unpaired) electrons. The van der Waals surface area contributed by atoms with Crippen LogP contribution >= 0.6 is 12.2 Å². The highest BCUT2D eigenvalue weighted by atomic mass is 32.1. The molecule has 1 aromatic heterocycles. The molecule has 0 amide bonds. The van der Waals surface area contributed by atoms with E-state index in [9.17, 15) is 4.79 Å². The molecule has 2 fully saturated rings. The molecule has 0 saturated carbocycles. The number of para-hydroxylation sites is 1. The van der Waals surface area contributed by atoms with Gasteiger partial charge in [-0.15, -0.1) is 0 Å². The fraction of sp³-hybridized carbons (Fsp3) is 0.500. The summed E-state index contributed by atoms with van der Waals surface area (Å²) in [6, 6.07) is 8.50. The first kappa shape index (κ1) is 13.2. The largest absolute Gasteiger partial charge is 0.332 e. The Hall–Kier alpha value is -1.46. The molecule has 4 rings (SSSR count). The molecule has 21 heavy (non-hydrogen) atoms. The molecule has 2 aliphatic rings. The van der Waals surface area contributed by atoms with Gasteiger partial charge in [-0.25, -0.2) is 0 Å². The number of nitrogens with zero attached hydrogens (tertiary/aromatic N) is 2. The van der Waals surface area contributed by atoms with Crippen molar-refractivity contribution in [2.24, 2.45) is 0 Å². The monoisotopic (exact) mass is 301 g/mol. The van der Waals surface area contributed by atoms with Crippen LogP contribution in [0.15, 0.2) is 29.1 Å². The van der Waals surface area contributed by atoms with Crippen molar-refractivity contribution in [3.63, 3.8) is 0 Å². The summed E-state index contributed by atoms with van der Waals surface area (Å²) in [7, 11) is 0. The van der Waals surface area contributed by atoms with Crippen LogP contribution in [0.3, 0.4) is 0 Å². The van der Waals surface area contributed by atoms with Crippen molar-refractivity contribution in [2.45, 2.75) is 37.8 Å². The molecule has 2 saturated heterocycles. The van der Waals surface area contributed by atoms with Crippen LogP contribution in [0.4, 0.5) is 0 Å². The van der Waals surface area contributed by atoms with Gasteiger partial charge < -0.3 is 9.88 Å². The normalized spacial score (nSPS) is 26.1. The summed E-state index contributed by atoms with van der Waals surface area (Å²) in [5, 5.41) is 0.736. The first-order valence-corrected chi connectivity index (χ1v) is 8.12. The number of rotatable bonds is 1. The maximum Gasteiger partial charge on any atom is 0.262 e. The van der Waals surface area contributed by atoms with E-state index in [2.05, 4.69) is 9.88 Å². The number of aromatic amines is 1. The van der Waals surface area contributed by atoms with Crippen molar-refractivity contribution < 1.29 is 0 Å². The first-order chi connectivity index (χ1) is 10.2. The van der Waals surface area contributed by atoms with E-state index < -0.39 is 0 Å². The predicted octanol–water partition coefficient (Wildman–Crippen LogP) is 2.86. The van der Waals surface area contributed by atoms with Gasteiger partial charge in [-0.3, -0.25) is 9.36 Å². The quantitative estimate of drug-likeness (QED) is 0.824. The number of H-pyrrole nitrogens is 1. The smallest absolute Gasteiger partial charge is 0.262 e. The van der Waals surface area contributed by atoms with Crippen molar-refractivity contribution in [1.82, 2.24) is 14.5 Å². The molecule has 0 aliphatic carbocycles. The molecular formula is C16H19N3OS. The fourth-order valence-corrected chi connectivity index (χ4v) is 4.29. The van der Waals surface area contributed by atoms with Gasteiger partial charge in [0.05, 0.1) is 10.9 Å². The van der Waals surface area contributed by atoms with Crippen molar-refractivity contribution in [2.75, 3.05) is 13.1 Å². The maximum absolute atomic E-state index is 12.8. The van der Waals surface area contributed by atoms with Gasteiger partial charge in [-0.2, -0.15) is 0 Å². The summed E-state index contributed by atoms with van der Waals surface area (Å²) in [5.41, 5.74) is 0.896. The van der Waals surface area contributed by atoms with E-state index in [0.29, 0.717) is 10.8 Å². The minimum atomic E-state index is 0.0609. The van der Waals surface area contributed by atoms with Crippen LogP contribution in [-0.2, 0) is 0 Å². The number of fused-ring (bicyclic) bond motifs is 2. The van der Waals surface area contributed by atoms with E-state index in [1.165, 1.54) is 19.4 Å². The highest BCUT2D eigenvalue weighted by molar-refractivity contribution is 7.71. The van der Waals surface area contributed by atoms with E-state index >= 15 is 0 Å². The number of hydrogen-bond acceptors (Lipinski definition) is 3. The van der Waals surface area contributed by atoms with Crippen LogP contribution in [0.1, 0.15) is 31.7 Å². The lowest BCUT2D eigenvalue weighted by Crippen LogP contribution is -2.41. The lowest BCUT2D eigenvalue weighted by Gasteiger charge is -2.35. The number of hydrogen-bond donors (Lipinski definition) is 1. The van der Waals surface area contributed by atoms with Gasteiger partial charge in [0.15, 0.2) is 4.77 Å². The molecule has 110 valence electrons. The molecule has 2 aliphatic heterocycles. The van der Waals surface area contributed by atoms with Gasteiger partial charge in [-0.1, -0.05) is 12.1 Å². The van der Waals surface area contributed by atoms with Gasteiger partial charge in [0.2, 0.25) is 0 Å². The molecule has 5 heteroatoms. The van der Waals surface area contributed by atoms with Crippen LogP contribution in [0.25, 0.3) is 10.9 Å². The van der Waals surface area contributed by atoms with Gasteiger partial charge >= 0.3 is 0 Å². The fourth-order valence-electron chi connectivity index (χ4n) is 3.95. The molecule has 0 spiro atoms. The standard InChI is InChI=1S/C16H19N3OS/c20-15-13-5-1-2-6-14(13)17-16(21)19(15)12-7-9-18-8-3-4-11(18)10-12/h1-2,5-6,11-12H,3-4,7-10H2,(H,17,21). The topological polar surface area (TPSA) is 41.0 Å². The Bertz CT molecular complexity index is 794. The Balaban J connectivity index is 1.80. The summed E-state index contributed by atoms with van der Waals surface area (Å²) >= 11 is 5.46. The average molecular weight is 301 g/mol. The summed E-state index contributed by atoms with van der Waals surface area (Å²) in [4.78, 5) is 18.6. The van der Waals surface area contributed by atoms with Gasteiger partial charge in [-0.05, 0) is 56.6 Å². The Morgan fingerprint density at radius 1 is 1.14 bits per heavy atom. The Kier molecular flexibility index (Phi) is 3.19. The third-order valence-electron chi connectivity index (χ3n) is 4.99. The van der Waals surface area contributed by atoms with E-state index in [1.807, 2.05) is 28.8 Å². The number of aromatic nitrogens is 2. The molecule has 1 N–H and O–H groups in total. The lowest BCUT2D eigenvalue weighted by molar-refractivity contribution is 0.153. The van der Waals surface area contributed by atoms with Crippen molar-refractivity contribution in [3.8, 4) is 0 Å². The van der Waals surface area contributed by atoms with E-state index in [1.54, 1.807) is 0 Å². The Morgan fingerprint density at radius 3 is 2.90 bits per heavy atom. The van der Waals surface area contributed by atoms with E-state index in [0.717, 1.165) is 30.3 Å². The third-order valence-corrected chi connectivity index (χ3v) is 5.29. The Morgan fingerprint density at radius 2 is 2.00 bits per heavy atom. The SMILES string of the molecule is O=c1c2ccccc2[nH]c(=S)n1C1CCN2CCCC2C1. The minimum Gasteiger partial charge on any atom is -0.332 e. The highest BCUT2D eigenvalue weighted by Gasteiger charge is 2.33. The second-order valence-corrected chi connectivity index (χ2v) is 6.55. The number of nitrogens with one attached hydrogen (secondary N) is 1. The number of benzene rings is 1. The van der Waals surface area contributed by atoms with Crippen LogP contribution in [0.2, 0.25) is 0 Å². The van der Waals surface area contributed by atoms with Crippen LogP contribution in [0, 0.1) is 4.77 Å².